The number of benzene rings is 1. The Morgan fingerprint density at radius 2 is 2.22 bits per heavy atom. The molecule has 0 spiro atoms. The zero-order valence-electron chi connectivity index (χ0n) is 10.3. The first-order valence-electron chi connectivity index (χ1n) is 5.79. The number of nitrogens with zero attached hydrogens (tertiary/aromatic N) is 2. The van der Waals surface area contributed by atoms with E-state index in [1.807, 2.05) is 20.0 Å². The average molecular weight is 268 g/mol. The standard InChI is InChI=1S/C13H15ClFN3/c1-3-16-13(12-6-7-17-18(12)2)10-8-9(15)4-5-11(10)14/h4-8,13,16H,3H2,1-2H3. The zero-order valence-corrected chi connectivity index (χ0v) is 11.1. The quantitative estimate of drug-likeness (QED) is 0.923. The first-order valence-corrected chi connectivity index (χ1v) is 6.17. The van der Waals surface area contributed by atoms with Crippen LogP contribution in [0.3, 0.4) is 0 Å². The monoisotopic (exact) mass is 267 g/mol. The Bertz CT molecular complexity index is 539. The molecule has 2 aromatic rings. The van der Waals surface area contributed by atoms with Crippen LogP contribution in [0, 0.1) is 5.82 Å². The second-order valence-electron chi connectivity index (χ2n) is 4.04. The van der Waals surface area contributed by atoms with Gasteiger partial charge in [0.2, 0.25) is 0 Å². The number of aromatic nitrogens is 2. The molecule has 0 saturated carbocycles. The van der Waals surface area contributed by atoms with Crippen LogP contribution in [-0.4, -0.2) is 16.3 Å². The third-order valence-electron chi connectivity index (χ3n) is 2.83. The van der Waals surface area contributed by atoms with Gasteiger partial charge in [-0.25, -0.2) is 4.39 Å². The summed E-state index contributed by atoms with van der Waals surface area (Å²) in [6.45, 7) is 2.75. The van der Waals surface area contributed by atoms with Crippen LogP contribution in [0.15, 0.2) is 30.5 Å². The molecule has 0 aliphatic heterocycles. The summed E-state index contributed by atoms with van der Waals surface area (Å²) in [5.74, 6) is -0.292. The number of halogens is 2. The van der Waals surface area contributed by atoms with Crippen LogP contribution in [0.5, 0.6) is 0 Å². The molecule has 0 saturated heterocycles. The van der Waals surface area contributed by atoms with Gasteiger partial charge in [-0.15, -0.1) is 0 Å². The van der Waals surface area contributed by atoms with E-state index >= 15 is 0 Å². The largest absolute Gasteiger partial charge is 0.305 e. The number of hydrogen-bond acceptors (Lipinski definition) is 2. The average Bonchev–Trinajstić information content (AvgIpc) is 2.76. The highest BCUT2D eigenvalue weighted by atomic mass is 35.5. The summed E-state index contributed by atoms with van der Waals surface area (Å²) in [5, 5.41) is 7.98. The number of aryl methyl sites for hydroxylation is 1. The molecule has 0 amide bonds. The number of nitrogens with one attached hydrogen (secondary N) is 1. The highest BCUT2D eigenvalue weighted by Gasteiger charge is 2.19. The summed E-state index contributed by atoms with van der Waals surface area (Å²) in [4.78, 5) is 0. The van der Waals surface area contributed by atoms with E-state index in [0.717, 1.165) is 17.8 Å². The van der Waals surface area contributed by atoms with Crippen molar-refractivity contribution in [3.05, 3.63) is 52.6 Å². The Hall–Kier alpha value is -1.39. The molecular weight excluding hydrogens is 253 g/mol. The van der Waals surface area contributed by atoms with Gasteiger partial charge in [-0.2, -0.15) is 5.10 Å². The molecule has 1 atom stereocenters. The van der Waals surface area contributed by atoms with Gasteiger partial charge in [0.25, 0.3) is 0 Å². The molecule has 0 aliphatic rings. The molecule has 0 radical (unpaired) electrons. The molecule has 0 fully saturated rings. The van der Waals surface area contributed by atoms with E-state index in [4.69, 9.17) is 11.6 Å². The minimum atomic E-state index is -0.292. The van der Waals surface area contributed by atoms with Gasteiger partial charge < -0.3 is 5.32 Å². The summed E-state index contributed by atoms with van der Waals surface area (Å²) in [7, 11) is 1.85. The van der Waals surface area contributed by atoms with Crippen molar-refractivity contribution in [3.8, 4) is 0 Å². The second kappa shape index (κ2) is 5.50. The van der Waals surface area contributed by atoms with Gasteiger partial charge in [0.05, 0.1) is 11.7 Å². The van der Waals surface area contributed by atoms with Gasteiger partial charge in [0.15, 0.2) is 0 Å². The Morgan fingerprint density at radius 1 is 1.44 bits per heavy atom. The smallest absolute Gasteiger partial charge is 0.123 e. The molecule has 96 valence electrons. The van der Waals surface area contributed by atoms with Crippen LogP contribution in [0.1, 0.15) is 24.2 Å². The van der Waals surface area contributed by atoms with Gasteiger partial charge in [0, 0.05) is 18.3 Å². The van der Waals surface area contributed by atoms with Crippen molar-refractivity contribution in [2.75, 3.05) is 6.54 Å². The summed E-state index contributed by atoms with van der Waals surface area (Å²) in [6, 6.07) is 6.13. The summed E-state index contributed by atoms with van der Waals surface area (Å²) in [5.41, 5.74) is 1.67. The van der Waals surface area contributed by atoms with Crippen molar-refractivity contribution in [1.29, 1.82) is 0 Å². The third-order valence-corrected chi connectivity index (χ3v) is 3.18. The second-order valence-corrected chi connectivity index (χ2v) is 4.44. The minimum Gasteiger partial charge on any atom is -0.305 e. The van der Waals surface area contributed by atoms with Gasteiger partial charge in [-0.05, 0) is 36.4 Å². The maximum absolute atomic E-state index is 13.4. The van der Waals surface area contributed by atoms with Crippen molar-refractivity contribution in [1.82, 2.24) is 15.1 Å². The summed E-state index contributed by atoms with van der Waals surface area (Å²) in [6.07, 6.45) is 1.72. The lowest BCUT2D eigenvalue weighted by Crippen LogP contribution is -2.24. The molecule has 1 aromatic carbocycles. The van der Waals surface area contributed by atoms with Crippen LogP contribution >= 0.6 is 11.6 Å². The molecule has 1 heterocycles. The molecule has 0 aliphatic carbocycles. The predicted molar refractivity (Wildman–Crippen MR) is 70.1 cm³/mol. The summed E-state index contributed by atoms with van der Waals surface area (Å²) < 4.78 is 15.1. The van der Waals surface area contributed by atoms with Crippen LogP contribution in [-0.2, 0) is 7.05 Å². The molecule has 18 heavy (non-hydrogen) atoms. The molecule has 2 rings (SSSR count). The lowest BCUT2D eigenvalue weighted by atomic mass is 10.0. The Morgan fingerprint density at radius 3 is 2.83 bits per heavy atom. The molecular formula is C13H15ClFN3. The molecule has 3 nitrogen and oxygen atoms in total. The molecule has 5 heteroatoms. The SMILES string of the molecule is CCNC(c1cc(F)ccc1Cl)c1ccnn1C. The lowest BCUT2D eigenvalue weighted by Gasteiger charge is -2.20. The van der Waals surface area contributed by atoms with Crippen molar-refractivity contribution in [2.45, 2.75) is 13.0 Å². The van der Waals surface area contributed by atoms with Crippen molar-refractivity contribution >= 4 is 11.6 Å². The fraction of sp³-hybridized carbons (Fsp3) is 0.308. The maximum atomic E-state index is 13.4. The van der Waals surface area contributed by atoms with E-state index in [-0.39, 0.29) is 11.9 Å². The third kappa shape index (κ3) is 2.54. The fourth-order valence-electron chi connectivity index (χ4n) is 1.98. The van der Waals surface area contributed by atoms with E-state index in [0.29, 0.717) is 5.02 Å². The molecule has 1 N–H and O–H groups in total. The van der Waals surface area contributed by atoms with Gasteiger partial charge in [-0.3, -0.25) is 4.68 Å². The van der Waals surface area contributed by atoms with Crippen LogP contribution in [0.25, 0.3) is 0 Å². The summed E-state index contributed by atoms with van der Waals surface area (Å²) >= 11 is 6.16. The lowest BCUT2D eigenvalue weighted by molar-refractivity contribution is 0.565. The Kier molecular flexibility index (Phi) is 3.99. The first-order chi connectivity index (χ1) is 8.63. The van der Waals surface area contributed by atoms with E-state index < -0.39 is 0 Å². The van der Waals surface area contributed by atoms with Crippen LogP contribution < -0.4 is 5.32 Å². The van der Waals surface area contributed by atoms with Crippen molar-refractivity contribution in [2.24, 2.45) is 7.05 Å². The van der Waals surface area contributed by atoms with Crippen molar-refractivity contribution in [3.63, 3.8) is 0 Å². The topological polar surface area (TPSA) is 29.9 Å². The fourth-order valence-corrected chi connectivity index (χ4v) is 2.21. The van der Waals surface area contributed by atoms with E-state index in [2.05, 4.69) is 10.4 Å². The van der Waals surface area contributed by atoms with Gasteiger partial charge in [0.1, 0.15) is 5.82 Å². The molecule has 1 unspecified atom stereocenters. The van der Waals surface area contributed by atoms with E-state index in [1.54, 1.807) is 16.9 Å². The number of hydrogen-bond donors (Lipinski definition) is 1. The van der Waals surface area contributed by atoms with Gasteiger partial charge in [-0.1, -0.05) is 18.5 Å². The predicted octanol–water partition coefficient (Wildman–Crippen LogP) is 2.91. The van der Waals surface area contributed by atoms with E-state index in [9.17, 15) is 4.39 Å². The highest BCUT2D eigenvalue weighted by molar-refractivity contribution is 6.31. The Labute approximate surface area is 111 Å². The van der Waals surface area contributed by atoms with E-state index in [1.165, 1.54) is 12.1 Å². The van der Waals surface area contributed by atoms with Crippen molar-refractivity contribution < 1.29 is 4.39 Å². The molecule has 0 bridgehead atoms. The highest BCUT2D eigenvalue weighted by Crippen LogP contribution is 2.28. The molecule has 1 aromatic heterocycles. The normalized spacial score (nSPS) is 12.7. The van der Waals surface area contributed by atoms with Crippen LogP contribution in [0.2, 0.25) is 5.02 Å². The Balaban J connectivity index is 2.48. The number of rotatable bonds is 4. The first kappa shape index (κ1) is 13.1. The van der Waals surface area contributed by atoms with Crippen LogP contribution in [0.4, 0.5) is 4.39 Å². The maximum Gasteiger partial charge on any atom is 0.123 e. The minimum absolute atomic E-state index is 0.161. The zero-order chi connectivity index (χ0) is 13.1. The van der Waals surface area contributed by atoms with Gasteiger partial charge >= 0.3 is 0 Å².